The number of unbranched alkanes of at least 4 members (excludes halogenated alkanes) is 31. The maximum absolute atomic E-state index is 5.73. The van der Waals surface area contributed by atoms with Crippen molar-refractivity contribution >= 4 is 40.8 Å². The van der Waals surface area contributed by atoms with Crippen LogP contribution in [0.1, 0.15) is 205 Å². The zero-order valence-corrected chi connectivity index (χ0v) is 28.7. The molecule has 1 nitrogen and oxygen atoms in total. The highest BCUT2D eigenvalue weighted by molar-refractivity contribution is 8.11. The van der Waals surface area contributed by atoms with Gasteiger partial charge in [-0.25, -0.2) is 0 Å². The van der Waals surface area contributed by atoms with Gasteiger partial charge in [0.25, 0.3) is 0 Å². The number of hydrogen-bond acceptors (Lipinski definition) is 1. The summed E-state index contributed by atoms with van der Waals surface area (Å²) < 4.78 is 0.629. The molecular formula is C35H70ClNS2. The summed E-state index contributed by atoms with van der Waals surface area (Å²) in [6.45, 7) is 0.986. The van der Waals surface area contributed by atoms with Gasteiger partial charge in [0, 0.05) is 12.4 Å². The van der Waals surface area contributed by atoms with E-state index in [9.17, 15) is 0 Å². The lowest BCUT2D eigenvalue weighted by atomic mass is 10.0. The number of hydrogen-bond donors (Lipinski definition) is 2. The Morgan fingerprint density at radius 3 is 0.718 bits per heavy atom. The second kappa shape index (κ2) is 36.6. The molecule has 0 heterocycles. The van der Waals surface area contributed by atoms with Gasteiger partial charge in [0.1, 0.15) is 4.32 Å². The molecule has 0 unspecified atom stereocenters. The lowest BCUT2D eigenvalue weighted by Gasteiger charge is -2.05. The second-order valence-corrected chi connectivity index (χ2v) is 13.8. The fourth-order valence-corrected chi connectivity index (χ4v) is 6.12. The van der Waals surface area contributed by atoms with Crippen molar-refractivity contribution in [3.05, 3.63) is 0 Å². The third-order valence-corrected chi connectivity index (χ3v) is 8.91. The van der Waals surface area contributed by atoms with Gasteiger partial charge in [-0.1, -0.05) is 205 Å². The van der Waals surface area contributed by atoms with Gasteiger partial charge in [-0.05, 0) is 12.8 Å². The van der Waals surface area contributed by atoms with Crippen molar-refractivity contribution in [1.29, 1.82) is 0 Å². The van der Waals surface area contributed by atoms with E-state index in [1.165, 1.54) is 205 Å². The van der Waals surface area contributed by atoms with Crippen molar-refractivity contribution in [2.24, 2.45) is 0 Å². The van der Waals surface area contributed by atoms with Crippen LogP contribution in [-0.4, -0.2) is 16.7 Å². The molecule has 0 aromatic rings. The molecule has 0 fully saturated rings. The van der Waals surface area contributed by atoms with Crippen molar-refractivity contribution in [3.8, 4) is 0 Å². The number of halogens is 1. The Labute approximate surface area is 263 Å². The van der Waals surface area contributed by atoms with Crippen molar-refractivity contribution in [2.75, 3.05) is 12.4 Å². The molecule has 4 heteroatoms. The van der Waals surface area contributed by atoms with E-state index in [2.05, 4.69) is 17.9 Å². The van der Waals surface area contributed by atoms with E-state index in [4.69, 9.17) is 23.8 Å². The molecule has 0 amide bonds. The summed E-state index contributed by atoms with van der Waals surface area (Å²) in [4.78, 5) is 0. The first-order valence-electron chi connectivity index (χ1n) is 17.8. The fraction of sp³-hybridized carbons (Fsp3) is 0.971. The topological polar surface area (TPSA) is 12.0 Å². The van der Waals surface area contributed by atoms with Gasteiger partial charge in [-0.3, -0.25) is 0 Å². The predicted molar refractivity (Wildman–Crippen MR) is 188 cm³/mol. The summed E-state index contributed by atoms with van der Waals surface area (Å²) in [5.74, 6) is 0.843. The standard InChI is InChI=1S/C35H70ClNS2/c36-33-31-29-27-25-23-21-19-17-15-13-11-9-7-5-3-1-2-4-6-8-10-12-14-16-18-20-22-24-26-28-30-32-34-37-35(38)39/h1-34H2,(H2,37,38,39). The maximum atomic E-state index is 5.73. The van der Waals surface area contributed by atoms with Crippen molar-refractivity contribution in [3.63, 3.8) is 0 Å². The highest BCUT2D eigenvalue weighted by atomic mass is 35.5. The van der Waals surface area contributed by atoms with Gasteiger partial charge in [0.05, 0.1) is 0 Å². The summed E-state index contributed by atoms with van der Waals surface area (Å²) in [7, 11) is 0. The molecule has 0 saturated heterocycles. The molecule has 0 saturated carbocycles. The molecule has 39 heavy (non-hydrogen) atoms. The molecule has 0 aliphatic rings. The van der Waals surface area contributed by atoms with Crippen LogP contribution in [0.4, 0.5) is 0 Å². The summed E-state index contributed by atoms with van der Waals surface area (Å²) in [5, 5.41) is 3.11. The lowest BCUT2D eigenvalue weighted by molar-refractivity contribution is 0.512. The van der Waals surface area contributed by atoms with E-state index in [0.29, 0.717) is 4.32 Å². The Bertz CT molecular complexity index is 460. The zero-order valence-electron chi connectivity index (χ0n) is 26.3. The van der Waals surface area contributed by atoms with Gasteiger partial charge in [0.15, 0.2) is 0 Å². The SMILES string of the molecule is S=C(S)NCCCCCCCCCCCCCCCCCCCCCCCCCCCCCCCCCCCl. The van der Waals surface area contributed by atoms with E-state index < -0.39 is 0 Å². The molecule has 0 atom stereocenters. The Morgan fingerprint density at radius 2 is 0.538 bits per heavy atom. The van der Waals surface area contributed by atoms with E-state index in [1.54, 1.807) is 0 Å². The molecule has 0 aliphatic heterocycles. The minimum absolute atomic E-state index is 0.629. The van der Waals surface area contributed by atoms with Gasteiger partial charge < -0.3 is 5.32 Å². The third kappa shape index (κ3) is 38.5. The molecule has 0 aromatic heterocycles. The summed E-state index contributed by atoms with van der Waals surface area (Å²) in [5.41, 5.74) is 0. The minimum Gasteiger partial charge on any atom is -0.371 e. The Balaban J connectivity index is 3.02. The Hall–Kier alpha value is 0.530. The van der Waals surface area contributed by atoms with Crippen molar-refractivity contribution in [1.82, 2.24) is 5.32 Å². The maximum Gasteiger partial charge on any atom is 0.130 e. The third-order valence-electron chi connectivity index (χ3n) is 8.34. The Morgan fingerprint density at radius 1 is 0.359 bits per heavy atom. The van der Waals surface area contributed by atoms with Crippen LogP contribution in [0.25, 0.3) is 0 Å². The predicted octanol–water partition coefficient (Wildman–Crippen LogP) is 13.5. The molecule has 0 aromatic carbocycles. The summed E-state index contributed by atoms with van der Waals surface area (Å²) in [6, 6.07) is 0. The normalized spacial score (nSPS) is 11.3. The molecule has 0 radical (unpaired) electrons. The average molecular weight is 605 g/mol. The van der Waals surface area contributed by atoms with Gasteiger partial charge in [-0.2, -0.15) is 0 Å². The second-order valence-electron chi connectivity index (χ2n) is 12.2. The smallest absolute Gasteiger partial charge is 0.130 e. The molecule has 0 rings (SSSR count). The van der Waals surface area contributed by atoms with Crippen LogP contribution in [0, 0.1) is 0 Å². The number of rotatable bonds is 34. The number of thiocarbonyl (C=S) groups is 1. The van der Waals surface area contributed by atoms with E-state index in [1.807, 2.05) is 0 Å². The largest absolute Gasteiger partial charge is 0.371 e. The van der Waals surface area contributed by atoms with Crippen LogP contribution < -0.4 is 5.32 Å². The number of nitrogens with one attached hydrogen (secondary N) is 1. The summed E-state index contributed by atoms with van der Waals surface area (Å²) >= 11 is 14.7. The first-order valence-corrected chi connectivity index (χ1v) is 19.2. The van der Waals surface area contributed by atoms with Gasteiger partial charge in [-0.15, -0.1) is 24.2 Å². The molecular weight excluding hydrogens is 534 g/mol. The van der Waals surface area contributed by atoms with Crippen molar-refractivity contribution < 1.29 is 0 Å². The minimum atomic E-state index is 0.629. The molecule has 1 N–H and O–H groups in total. The molecule has 0 aliphatic carbocycles. The fourth-order valence-electron chi connectivity index (χ4n) is 5.72. The highest BCUT2D eigenvalue weighted by Crippen LogP contribution is 2.16. The van der Waals surface area contributed by atoms with Crippen LogP contribution in [-0.2, 0) is 0 Å². The highest BCUT2D eigenvalue weighted by Gasteiger charge is 1.97. The van der Waals surface area contributed by atoms with Crippen LogP contribution in [0.2, 0.25) is 0 Å². The van der Waals surface area contributed by atoms with Crippen LogP contribution in [0.15, 0.2) is 0 Å². The molecule has 0 spiro atoms. The number of thiol groups is 1. The van der Waals surface area contributed by atoms with Crippen LogP contribution in [0.3, 0.4) is 0 Å². The Kier molecular flexibility index (Phi) is 37.1. The monoisotopic (exact) mass is 603 g/mol. The summed E-state index contributed by atoms with van der Waals surface area (Å²) in [6.07, 6.45) is 45.9. The van der Waals surface area contributed by atoms with Crippen LogP contribution in [0.5, 0.6) is 0 Å². The van der Waals surface area contributed by atoms with Gasteiger partial charge in [0.2, 0.25) is 0 Å². The quantitative estimate of drug-likeness (QED) is 0.0328. The average Bonchev–Trinajstić information content (AvgIpc) is 2.93. The molecule has 234 valence electrons. The molecule has 0 bridgehead atoms. The van der Waals surface area contributed by atoms with E-state index in [0.717, 1.165) is 12.4 Å². The van der Waals surface area contributed by atoms with Crippen molar-refractivity contribution in [2.45, 2.75) is 205 Å². The first kappa shape index (κ1) is 39.5. The first-order chi connectivity index (χ1) is 19.3. The van der Waals surface area contributed by atoms with E-state index >= 15 is 0 Å². The number of alkyl halides is 1. The zero-order chi connectivity index (χ0) is 28.3. The lowest BCUT2D eigenvalue weighted by Crippen LogP contribution is -2.17. The van der Waals surface area contributed by atoms with E-state index in [-0.39, 0.29) is 0 Å². The van der Waals surface area contributed by atoms with Gasteiger partial charge >= 0.3 is 0 Å². The van der Waals surface area contributed by atoms with Crippen LogP contribution >= 0.6 is 36.4 Å².